The Balaban J connectivity index is 1.99. The molecule has 0 saturated carbocycles. The van der Waals surface area contributed by atoms with Gasteiger partial charge in [-0.15, -0.1) is 0 Å². The fourth-order valence-electron chi connectivity index (χ4n) is 2.36. The summed E-state index contributed by atoms with van der Waals surface area (Å²) in [5.41, 5.74) is 4.67. The highest BCUT2D eigenvalue weighted by Crippen LogP contribution is 2.17. The van der Waals surface area contributed by atoms with Crippen molar-refractivity contribution in [1.29, 1.82) is 0 Å². The van der Waals surface area contributed by atoms with E-state index in [-0.39, 0.29) is 11.9 Å². The third-order valence-electron chi connectivity index (χ3n) is 3.71. The molecule has 2 nitrogen and oxygen atoms in total. The second-order valence-electron chi connectivity index (χ2n) is 5.60. The Kier molecular flexibility index (Phi) is 5.15. The average Bonchev–Trinajstić information content (AvgIpc) is 2.48. The van der Waals surface area contributed by atoms with E-state index < -0.39 is 0 Å². The molecule has 0 saturated heterocycles. The van der Waals surface area contributed by atoms with Crippen LogP contribution in [0.3, 0.4) is 0 Å². The molecular weight excluding hydrogens is 258 g/mol. The fraction of sp³-hybridized carbons (Fsp3) is 0.316. The Morgan fingerprint density at radius 2 is 1.48 bits per heavy atom. The molecule has 0 spiro atoms. The monoisotopic (exact) mass is 281 g/mol. The lowest BCUT2D eigenvalue weighted by atomic mass is 10.0. The number of amides is 1. The van der Waals surface area contributed by atoms with Crippen LogP contribution in [0.4, 0.5) is 0 Å². The van der Waals surface area contributed by atoms with Crippen molar-refractivity contribution in [3.63, 3.8) is 0 Å². The molecular formula is C19H23NO. The number of aryl methyl sites for hydroxylation is 2. The second-order valence-corrected chi connectivity index (χ2v) is 5.60. The maximum absolute atomic E-state index is 12.2. The smallest absolute Gasteiger partial charge is 0.224 e. The topological polar surface area (TPSA) is 29.1 Å². The Labute approximate surface area is 127 Å². The number of benzene rings is 2. The molecule has 0 aliphatic rings. The molecule has 1 unspecified atom stereocenters. The van der Waals surface area contributed by atoms with Crippen molar-refractivity contribution in [3.05, 3.63) is 70.8 Å². The van der Waals surface area contributed by atoms with Gasteiger partial charge in [0.1, 0.15) is 0 Å². The molecule has 110 valence electrons. The molecule has 0 aliphatic carbocycles. The first-order chi connectivity index (χ1) is 10.1. The van der Waals surface area contributed by atoms with E-state index in [1.807, 2.05) is 31.2 Å². The molecule has 0 fully saturated rings. The lowest BCUT2D eigenvalue weighted by molar-refractivity contribution is -0.121. The number of carbonyl (C=O) groups excluding carboxylic acids is 1. The maximum Gasteiger partial charge on any atom is 0.224 e. The molecule has 2 rings (SSSR count). The van der Waals surface area contributed by atoms with Crippen molar-refractivity contribution in [2.24, 2.45) is 0 Å². The Morgan fingerprint density at radius 3 is 2.00 bits per heavy atom. The molecule has 0 radical (unpaired) electrons. The van der Waals surface area contributed by atoms with Gasteiger partial charge in [0.2, 0.25) is 5.91 Å². The van der Waals surface area contributed by atoms with Crippen molar-refractivity contribution < 1.29 is 4.79 Å². The largest absolute Gasteiger partial charge is 0.349 e. The third-order valence-corrected chi connectivity index (χ3v) is 3.71. The maximum atomic E-state index is 12.2. The first-order valence-electron chi connectivity index (χ1n) is 7.50. The molecule has 0 bridgehead atoms. The summed E-state index contributed by atoms with van der Waals surface area (Å²) in [4.78, 5) is 12.2. The van der Waals surface area contributed by atoms with Crippen LogP contribution in [0.5, 0.6) is 0 Å². The Morgan fingerprint density at radius 1 is 0.952 bits per heavy atom. The summed E-state index contributed by atoms with van der Waals surface area (Å²) in [5, 5.41) is 3.13. The highest BCUT2D eigenvalue weighted by Gasteiger charge is 2.12. The first-order valence-corrected chi connectivity index (χ1v) is 7.50. The van der Waals surface area contributed by atoms with Crippen LogP contribution in [-0.4, -0.2) is 5.91 Å². The zero-order valence-electron chi connectivity index (χ0n) is 13.0. The van der Waals surface area contributed by atoms with Crippen LogP contribution in [0.2, 0.25) is 0 Å². The summed E-state index contributed by atoms with van der Waals surface area (Å²) in [7, 11) is 0. The summed E-state index contributed by atoms with van der Waals surface area (Å²) < 4.78 is 0. The van der Waals surface area contributed by atoms with Gasteiger partial charge in [0.15, 0.2) is 0 Å². The molecule has 1 N–H and O–H groups in total. The van der Waals surface area contributed by atoms with Crippen molar-refractivity contribution >= 4 is 5.91 Å². The number of hydrogen-bond acceptors (Lipinski definition) is 1. The van der Waals surface area contributed by atoms with E-state index in [0.29, 0.717) is 6.42 Å². The fourth-order valence-corrected chi connectivity index (χ4v) is 2.36. The normalized spacial score (nSPS) is 12.0. The van der Waals surface area contributed by atoms with Gasteiger partial charge in [-0.05, 0) is 31.4 Å². The van der Waals surface area contributed by atoms with E-state index in [9.17, 15) is 4.79 Å². The molecule has 0 heterocycles. The molecule has 1 atom stereocenters. The van der Waals surface area contributed by atoms with Gasteiger partial charge in [0.25, 0.3) is 0 Å². The van der Waals surface area contributed by atoms with Crippen LogP contribution in [-0.2, 0) is 11.2 Å². The minimum absolute atomic E-state index is 0.0753. The van der Waals surface area contributed by atoms with Gasteiger partial charge in [0.05, 0.1) is 12.5 Å². The summed E-state index contributed by atoms with van der Waals surface area (Å²) >= 11 is 0. The summed E-state index contributed by atoms with van der Waals surface area (Å²) in [5.74, 6) is 0.0753. The summed E-state index contributed by atoms with van der Waals surface area (Å²) in [6.07, 6.45) is 1.32. The van der Waals surface area contributed by atoms with E-state index in [2.05, 4.69) is 43.4 Å². The van der Waals surface area contributed by atoms with Crippen LogP contribution in [0.15, 0.2) is 48.5 Å². The molecule has 2 aromatic carbocycles. The van der Waals surface area contributed by atoms with E-state index in [1.54, 1.807) is 0 Å². The van der Waals surface area contributed by atoms with E-state index in [1.165, 1.54) is 16.7 Å². The number of hydrogen-bond donors (Lipinski definition) is 1. The zero-order chi connectivity index (χ0) is 15.2. The van der Waals surface area contributed by atoms with Gasteiger partial charge >= 0.3 is 0 Å². The van der Waals surface area contributed by atoms with Crippen LogP contribution in [0, 0.1) is 13.8 Å². The molecule has 2 aromatic rings. The van der Waals surface area contributed by atoms with Crippen molar-refractivity contribution in [2.75, 3.05) is 0 Å². The number of rotatable bonds is 5. The van der Waals surface area contributed by atoms with E-state index >= 15 is 0 Å². The summed E-state index contributed by atoms with van der Waals surface area (Å²) in [6, 6.07) is 16.6. The number of carbonyl (C=O) groups is 1. The molecule has 0 aromatic heterocycles. The zero-order valence-corrected chi connectivity index (χ0v) is 13.0. The molecule has 1 amide bonds. The standard InChI is InChI=1S/C19H23NO/c1-4-18(17-11-7-15(3)8-12-17)20-19(21)13-16-9-5-14(2)6-10-16/h5-12,18H,4,13H2,1-3H3,(H,20,21). The lowest BCUT2D eigenvalue weighted by Crippen LogP contribution is -2.29. The molecule has 0 aliphatic heterocycles. The van der Waals surface area contributed by atoms with Gasteiger partial charge in [-0.3, -0.25) is 4.79 Å². The minimum Gasteiger partial charge on any atom is -0.349 e. The van der Waals surface area contributed by atoms with E-state index in [0.717, 1.165) is 12.0 Å². The predicted octanol–water partition coefficient (Wildman–Crippen LogP) is 4.11. The van der Waals surface area contributed by atoms with Gasteiger partial charge < -0.3 is 5.32 Å². The van der Waals surface area contributed by atoms with Crippen LogP contribution < -0.4 is 5.32 Å². The third kappa shape index (κ3) is 4.45. The molecule has 21 heavy (non-hydrogen) atoms. The Hall–Kier alpha value is -2.09. The van der Waals surface area contributed by atoms with Crippen LogP contribution >= 0.6 is 0 Å². The summed E-state index contributed by atoms with van der Waals surface area (Å²) in [6.45, 7) is 6.21. The lowest BCUT2D eigenvalue weighted by Gasteiger charge is -2.18. The van der Waals surface area contributed by atoms with Crippen molar-refractivity contribution in [3.8, 4) is 0 Å². The van der Waals surface area contributed by atoms with Gasteiger partial charge in [0, 0.05) is 0 Å². The number of nitrogens with one attached hydrogen (secondary N) is 1. The SMILES string of the molecule is CCC(NC(=O)Cc1ccc(C)cc1)c1ccc(C)cc1. The Bertz CT molecular complexity index is 584. The second kappa shape index (κ2) is 7.07. The van der Waals surface area contributed by atoms with Crippen LogP contribution in [0.25, 0.3) is 0 Å². The quantitative estimate of drug-likeness (QED) is 0.878. The van der Waals surface area contributed by atoms with Gasteiger partial charge in [-0.2, -0.15) is 0 Å². The minimum atomic E-state index is 0.0753. The van der Waals surface area contributed by atoms with Crippen molar-refractivity contribution in [1.82, 2.24) is 5.32 Å². The van der Waals surface area contributed by atoms with Gasteiger partial charge in [-0.1, -0.05) is 66.6 Å². The molecule has 2 heteroatoms. The van der Waals surface area contributed by atoms with Gasteiger partial charge in [-0.25, -0.2) is 0 Å². The first kappa shape index (κ1) is 15.3. The van der Waals surface area contributed by atoms with Crippen LogP contribution in [0.1, 0.15) is 41.6 Å². The predicted molar refractivity (Wildman–Crippen MR) is 87.2 cm³/mol. The van der Waals surface area contributed by atoms with Crippen molar-refractivity contribution in [2.45, 2.75) is 39.7 Å². The highest BCUT2D eigenvalue weighted by molar-refractivity contribution is 5.79. The highest BCUT2D eigenvalue weighted by atomic mass is 16.1. The van der Waals surface area contributed by atoms with E-state index in [4.69, 9.17) is 0 Å². The average molecular weight is 281 g/mol.